The number of anilines is 1. The molecule has 0 aliphatic carbocycles. The van der Waals surface area contributed by atoms with Crippen molar-refractivity contribution in [1.29, 1.82) is 0 Å². The fraction of sp³-hybridized carbons (Fsp3) is 0.560. The van der Waals surface area contributed by atoms with Gasteiger partial charge < -0.3 is 24.3 Å². The molecule has 2 N–H and O–H groups in total. The van der Waals surface area contributed by atoms with Gasteiger partial charge in [-0.05, 0) is 66.7 Å². The number of amides is 3. The number of cyclic esters (lactones) is 1. The van der Waals surface area contributed by atoms with E-state index in [1.54, 1.807) is 41.5 Å². The van der Waals surface area contributed by atoms with Gasteiger partial charge >= 0.3 is 24.2 Å². The van der Waals surface area contributed by atoms with Crippen molar-refractivity contribution in [1.82, 2.24) is 10.7 Å². The van der Waals surface area contributed by atoms with Gasteiger partial charge in [0.2, 0.25) is 5.50 Å². The quantitative estimate of drug-likeness (QED) is 0.148. The van der Waals surface area contributed by atoms with Crippen LogP contribution >= 0.6 is 11.8 Å². The third kappa shape index (κ3) is 10.5. The molecule has 2 atom stereocenters. The van der Waals surface area contributed by atoms with Crippen molar-refractivity contribution >= 4 is 46.7 Å². The minimum Gasteiger partial charge on any atom is -0.463 e. The number of alkyl carbamates (subject to hydrolysis) is 1. The second-order valence-corrected chi connectivity index (χ2v) is 11.4. The monoisotopic (exact) mass is 588 g/mol. The number of hydrogen-bond acceptors (Lipinski definition) is 10. The molecule has 12 nitrogen and oxygen atoms in total. The topological polar surface area (TPSA) is 145 Å². The summed E-state index contributed by atoms with van der Waals surface area (Å²) in [5.74, 6) is -2.14. The summed E-state index contributed by atoms with van der Waals surface area (Å²) in [4.78, 5) is 49.3. The zero-order chi connectivity index (χ0) is 30.3. The molecule has 1 aromatic carbocycles. The van der Waals surface area contributed by atoms with Crippen molar-refractivity contribution in [2.75, 3.05) is 24.6 Å². The van der Waals surface area contributed by atoms with Crippen molar-refractivity contribution < 1.29 is 46.9 Å². The summed E-state index contributed by atoms with van der Waals surface area (Å²) in [6, 6.07) is 3.54. The van der Waals surface area contributed by atoms with Gasteiger partial charge in [-0.3, -0.25) is 4.90 Å². The van der Waals surface area contributed by atoms with Crippen LogP contribution in [0.4, 0.5) is 28.9 Å². The Labute approximate surface area is 235 Å². The number of halogens is 2. The smallest absolute Gasteiger partial charge is 0.428 e. The van der Waals surface area contributed by atoms with Crippen LogP contribution in [0.25, 0.3) is 0 Å². The third-order valence-electron chi connectivity index (χ3n) is 4.58. The van der Waals surface area contributed by atoms with Crippen LogP contribution in [0.3, 0.4) is 0 Å². The SMILES string of the molecule is CCOC(=O)C(F)SC(=NNC(=O)OC(C)(C)C)c1ccc(N2C[C@@H](CNC(=O)OC(C)(C)C)OC2=O)cc1F. The van der Waals surface area contributed by atoms with Gasteiger partial charge in [0.05, 0.1) is 25.4 Å². The van der Waals surface area contributed by atoms with E-state index in [0.717, 1.165) is 11.0 Å². The molecular formula is C25H34F2N4O8S. The number of nitrogens with zero attached hydrogens (tertiary/aromatic N) is 2. The van der Waals surface area contributed by atoms with Crippen molar-refractivity contribution in [3.05, 3.63) is 29.6 Å². The molecule has 15 heteroatoms. The lowest BCUT2D eigenvalue weighted by molar-refractivity contribution is -0.145. The second-order valence-electron chi connectivity index (χ2n) is 10.4. The molecule has 0 spiro atoms. The molecule has 1 aliphatic heterocycles. The molecule has 1 heterocycles. The Morgan fingerprint density at radius 3 is 2.35 bits per heavy atom. The first-order valence-corrected chi connectivity index (χ1v) is 13.2. The summed E-state index contributed by atoms with van der Waals surface area (Å²) in [6.07, 6.45) is -3.18. The molecule has 1 aromatic rings. The van der Waals surface area contributed by atoms with Crippen LogP contribution in [-0.2, 0) is 23.7 Å². The van der Waals surface area contributed by atoms with E-state index in [1.165, 1.54) is 19.1 Å². The number of esters is 1. The molecule has 0 radical (unpaired) electrons. The highest BCUT2D eigenvalue weighted by atomic mass is 32.2. The summed E-state index contributed by atoms with van der Waals surface area (Å²) >= 11 is 0.213. The van der Waals surface area contributed by atoms with Crippen molar-refractivity contribution in [3.63, 3.8) is 0 Å². The highest BCUT2D eigenvalue weighted by Crippen LogP contribution is 2.28. The summed E-state index contributed by atoms with van der Waals surface area (Å²) in [7, 11) is 0. The standard InChI is InChI=1S/C25H34F2N4O8S/c1-8-36-20(32)18(27)40-19(29-30-22(34)39-25(5,6)7)16-10-9-14(11-17(16)26)31-13-15(37-23(31)35)12-28-21(33)38-24(2,3)4/h9-11,15,18H,8,12-13H2,1-7H3,(H,28,33)(H,30,34)/t15-,18?/m1/s1. The number of carbonyl (C=O) groups is 4. The highest BCUT2D eigenvalue weighted by Gasteiger charge is 2.34. The fourth-order valence-corrected chi connectivity index (χ4v) is 3.85. The number of alkyl halides is 1. The highest BCUT2D eigenvalue weighted by molar-refractivity contribution is 8.15. The molecule has 0 saturated carbocycles. The van der Waals surface area contributed by atoms with E-state index in [9.17, 15) is 23.6 Å². The molecule has 40 heavy (non-hydrogen) atoms. The van der Waals surface area contributed by atoms with Crippen LogP contribution < -0.4 is 15.6 Å². The average molecular weight is 589 g/mol. The Kier molecular flexibility index (Phi) is 11.1. The van der Waals surface area contributed by atoms with E-state index in [-0.39, 0.29) is 47.8 Å². The molecule has 2 rings (SSSR count). The summed E-state index contributed by atoms with van der Waals surface area (Å²) < 4.78 is 49.9. The second kappa shape index (κ2) is 13.6. The molecule has 222 valence electrons. The van der Waals surface area contributed by atoms with E-state index in [0.29, 0.717) is 0 Å². The zero-order valence-corrected chi connectivity index (χ0v) is 24.1. The Bertz CT molecular complexity index is 1140. The summed E-state index contributed by atoms with van der Waals surface area (Å²) in [6.45, 7) is 11.3. The minimum absolute atomic E-state index is 0.00126. The molecule has 0 aromatic heterocycles. The fourth-order valence-electron chi connectivity index (χ4n) is 3.10. The number of hydrazone groups is 1. The number of thioether (sulfide) groups is 1. The first-order chi connectivity index (χ1) is 18.5. The van der Waals surface area contributed by atoms with Gasteiger partial charge in [-0.2, -0.15) is 5.10 Å². The lowest BCUT2D eigenvalue weighted by Gasteiger charge is -2.20. The summed E-state index contributed by atoms with van der Waals surface area (Å²) in [5.41, 5.74) is -1.95. The number of hydrogen-bond donors (Lipinski definition) is 2. The molecule has 1 fully saturated rings. The Hall–Kier alpha value is -3.62. The van der Waals surface area contributed by atoms with E-state index >= 15 is 4.39 Å². The number of carbonyl (C=O) groups excluding carboxylic acids is 4. The van der Waals surface area contributed by atoms with E-state index in [1.807, 2.05) is 0 Å². The van der Waals surface area contributed by atoms with Crippen molar-refractivity contribution in [3.8, 4) is 0 Å². The molecule has 0 bridgehead atoms. The third-order valence-corrected chi connectivity index (χ3v) is 5.51. The summed E-state index contributed by atoms with van der Waals surface area (Å²) in [5, 5.41) is 5.87. The minimum atomic E-state index is -2.27. The Morgan fingerprint density at radius 2 is 1.77 bits per heavy atom. The van der Waals surface area contributed by atoms with Crippen LogP contribution in [0.1, 0.15) is 54.0 Å². The van der Waals surface area contributed by atoms with Crippen molar-refractivity contribution in [2.45, 2.75) is 71.3 Å². The van der Waals surface area contributed by atoms with Crippen LogP contribution in [-0.4, -0.2) is 71.8 Å². The maximum Gasteiger partial charge on any atom is 0.428 e. The average Bonchev–Trinajstić information content (AvgIpc) is 3.18. The normalized spacial score (nSPS) is 16.6. The van der Waals surface area contributed by atoms with Crippen molar-refractivity contribution in [2.24, 2.45) is 5.10 Å². The van der Waals surface area contributed by atoms with Gasteiger partial charge in [0, 0.05) is 5.56 Å². The Morgan fingerprint density at radius 1 is 1.15 bits per heavy atom. The van der Waals surface area contributed by atoms with Crippen LogP contribution in [0, 0.1) is 5.82 Å². The lowest BCUT2D eigenvalue weighted by atomic mass is 10.2. The number of benzene rings is 1. The van der Waals surface area contributed by atoms with Crippen LogP contribution in [0.5, 0.6) is 0 Å². The van der Waals surface area contributed by atoms with Gasteiger partial charge in [0.15, 0.2) is 0 Å². The molecule has 1 saturated heterocycles. The maximum atomic E-state index is 15.3. The lowest BCUT2D eigenvalue weighted by Crippen LogP contribution is -2.38. The van der Waals surface area contributed by atoms with E-state index < -0.39 is 52.9 Å². The van der Waals surface area contributed by atoms with E-state index in [2.05, 4.69) is 20.6 Å². The first-order valence-electron chi connectivity index (χ1n) is 12.3. The zero-order valence-electron chi connectivity index (χ0n) is 23.3. The van der Waals surface area contributed by atoms with Gasteiger partial charge in [-0.25, -0.2) is 33.4 Å². The number of nitrogens with one attached hydrogen (secondary N) is 2. The molecule has 1 unspecified atom stereocenters. The molecular weight excluding hydrogens is 554 g/mol. The largest absolute Gasteiger partial charge is 0.463 e. The van der Waals surface area contributed by atoms with Gasteiger partial charge in [0.25, 0.3) is 0 Å². The van der Waals surface area contributed by atoms with Gasteiger partial charge in [0.1, 0.15) is 28.2 Å². The molecule has 3 amide bonds. The van der Waals surface area contributed by atoms with Gasteiger partial charge in [-0.1, -0.05) is 11.8 Å². The Balaban J connectivity index is 2.21. The predicted molar refractivity (Wildman–Crippen MR) is 143 cm³/mol. The number of rotatable bonds is 8. The van der Waals surface area contributed by atoms with E-state index in [4.69, 9.17) is 14.2 Å². The number of ether oxygens (including phenoxy) is 4. The van der Waals surface area contributed by atoms with Crippen LogP contribution in [0.15, 0.2) is 23.3 Å². The maximum absolute atomic E-state index is 15.3. The molecule has 1 aliphatic rings. The van der Waals surface area contributed by atoms with Crippen LogP contribution in [0.2, 0.25) is 0 Å². The first kappa shape index (κ1) is 32.6. The predicted octanol–water partition coefficient (Wildman–Crippen LogP) is 4.45. The van der Waals surface area contributed by atoms with Gasteiger partial charge in [-0.15, -0.1) is 0 Å².